The molecule has 27 heavy (non-hydrogen) atoms. The predicted octanol–water partition coefficient (Wildman–Crippen LogP) is 2.66. The maximum Gasteiger partial charge on any atom is 0.231 e. The quantitative estimate of drug-likeness (QED) is 0.869. The number of nitrogens with zero attached hydrogens (tertiary/aromatic N) is 4. The molecule has 2 aliphatic rings. The molecule has 1 aromatic heterocycles. The predicted molar refractivity (Wildman–Crippen MR) is 106 cm³/mol. The van der Waals surface area contributed by atoms with Gasteiger partial charge in [0.25, 0.3) is 0 Å². The second kappa shape index (κ2) is 7.60. The molecule has 1 N–H and O–H groups in total. The van der Waals surface area contributed by atoms with Crippen LogP contribution in [0.2, 0.25) is 0 Å². The third-order valence-corrected chi connectivity index (χ3v) is 4.80. The van der Waals surface area contributed by atoms with Crippen LogP contribution in [0.4, 0.5) is 11.6 Å². The Bertz CT molecular complexity index is 803. The van der Waals surface area contributed by atoms with Crippen LogP contribution in [0.25, 0.3) is 0 Å². The fourth-order valence-corrected chi connectivity index (χ4v) is 3.52. The van der Waals surface area contributed by atoms with E-state index < -0.39 is 0 Å². The van der Waals surface area contributed by atoms with Gasteiger partial charge >= 0.3 is 0 Å². The first-order chi connectivity index (χ1) is 13.1. The summed E-state index contributed by atoms with van der Waals surface area (Å²) in [5, 5.41) is 3.38. The van der Waals surface area contributed by atoms with E-state index in [1.807, 2.05) is 13.0 Å². The lowest BCUT2D eigenvalue weighted by Gasteiger charge is -2.35. The van der Waals surface area contributed by atoms with E-state index in [4.69, 9.17) is 9.47 Å². The molecule has 0 spiro atoms. The van der Waals surface area contributed by atoms with Gasteiger partial charge < -0.3 is 19.7 Å². The number of ether oxygens (including phenoxy) is 2. The van der Waals surface area contributed by atoms with Gasteiger partial charge in [0.2, 0.25) is 6.79 Å². The molecule has 0 unspecified atom stereocenters. The first-order valence-electron chi connectivity index (χ1n) is 9.55. The van der Waals surface area contributed by atoms with E-state index >= 15 is 0 Å². The molecular weight excluding hydrogens is 342 g/mol. The van der Waals surface area contributed by atoms with Crippen molar-refractivity contribution < 1.29 is 9.47 Å². The standard InChI is InChI=1S/C20H27N5O2/c1-14(2)21-19-11-20(23-15(3)22-19)25-8-6-24(7-9-25)12-16-4-5-17-18(10-16)27-13-26-17/h4-5,10-11,14H,6-9,12-13H2,1-3H3,(H,21,22,23). The Morgan fingerprint density at radius 1 is 1.04 bits per heavy atom. The van der Waals surface area contributed by atoms with Crippen molar-refractivity contribution in [3.05, 3.63) is 35.7 Å². The van der Waals surface area contributed by atoms with Crippen molar-refractivity contribution in [2.24, 2.45) is 0 Å². The second-order valence-electron chi connectivity index (χ2n) is 7.41. The molecule has 2 aliphatic heterocycles. The molecule has 7 nitrogen and oxygen atoms in total. The summed E-state index contributed by atoms with van der Waals surface area (Å²) in [6.07, 6.45) is 0. The molecule has 2 aromatic rings. The third kappa shape index (κ3) is 4.24. The van der Waals surface area contributed by atoms with E-state index in [1.54, 1.807) is 0 Å². The number of benzene rings is 1. The summed E-state index contributed by atoms with van der Waals surface area (Å²) >= 11 is 0. The van der Waals surface area contributed by atoms with Crippen LogP contribution in [0, 0.1) is 6.92 Å². The number of piperazine rings is 1. The SMILES string of the molecule is Cc1nc(NC(C)C)cc(N2CCN(Cc3ccc4c(c3)OCO4)CC2)n1. The molecule has 144 valence electrons. The fraction of sp³-hybridized carbons (Fsp3) is 0.500. The summed E-state index contributed by atoms with van der Waals surface area (Å²) < 4.78 is 10.9. The van der Waals surface area contributed by atoms with Crippen molar-refractivity contribution in [1.82, 2.24) is 14.9 Å². The third-order valence-electron chi connectivity index (χ3n) is 4.80. The Morgan fingerprint density at radius 3 is 2.59 bits per heavy atom. The van der Waals surface area contributed by atoms with E-state index in [-0.39, 0.29) is 0 Å². The van der Waals surface area contributed by atoms with E-state index in [2.05, 4.69) is 57.1 Å². The van der Waals surface area contributed by atoms with Gasteiger partial charge in [0, 0.05) is 44.8 Å². The molecule has 3 heterocycles. The zero-order valence-electron chi connectivity index (χ0n) is 16.2. The van der Waals surface area contributed by atoms with Crippen molar-refractivity contribution in [2.75, 3.05) is 43.2 Å². The van der Waals surface area contributed by atoms with Gasteiger partial charge in [-0.3, -0.25) is 4.90 Å². The number of fused-ring (bicyclic) bond motifs is 1. The van der Waals surface area contributed by atoms with Gasteiger partial charge in [0.15, 0.2) is 11.5 Å². The van der Waals surface area contributed by atoms with Crippen molar-refractivity contribution in [2.45, 2.75) is 33.4 Å². The zero-order valence-corrected chi connectivity index (χ0v) is 16.2. The Kier molecular flexibility index (Phi) is 5.03. The molecule has 1 saturated heterocycles. The summed E-state index contributed by atoms with van der Waals surface area (Å²) in [4.78, 5) is 13.9. The van der Waals surface area contributed by atoms with Crippen LogP contribution in [0.5, 0.6) is 11.5 Å². The normalized spacial score (nSPS) is 16.8. The molecule has 1 fully saturated rings. The molecule has 4 rings (SSSR count). The van der Waals surface area contributed by atoms with Gasteiger partial charge in [0.1, 0.15) is 17.5 Å². The lowest BCUT2D eigenvalue weighted by molar-refractivity contribution is 0.174. The topological polar surface area (TPSA) is 62.8 Å². The average molecular weight is 369 g/mol. The van der Waals surface area contributed by atoms with Crippen LogP contribution >= 0.6 is 0 Å². The minimum absolute atomic E-state index is 0.323. The van der Waals surface area contributed by atoms with Crippen LogP contribution in [-0.2, 0) is 6.54 Å². The number of aromatic nitrogens is 2. The van der Waals surface area contributed by atoms with E-state index in [9.17, 15) is 0 Å². The van der Waals surface area contributed by atoms with Crippen molar-refractivity contribution in [1.29, 1.82) is 0 Å². The molecule has 0 bridgehead atoms. The van der Waals surface area contributed by atoms with E-state index in [0.29, 0.717) is 12.8 Å². The maximum atomic E-state index is 5.48. The Labute approximate surface area is 160 Å². The molecular formula is C20H27N5O2. The monoisotopic (exact) mass is 369 g/mol. The van der Waals surface area contributed by atoms with Crippen molar-refractivity contribution in [3.63, 3.8) is 0 Å². The highest BCUT2D eigenvalue weighted by atomic mass is 16.7. The molecule has 0 saturated carbocycles. The maximum absolute atomic E-state index is 5.48. The van der Waals surface area contributed by atoms with Crippen LogP contribution in [0.15, 0.2) is 24.3 Å². The van der Waals surface area contributed by atoms with Gasteiger partial charge in [0.05, 0.1) is 0 Å². The zero-order chi connectivity index (χ0) is 18.8. The lowest BCUT2D eigenvalue weighted by atomic mass is 10.1. The van der Waals surface area contributed by atoms with Crippen molar-refractivity contribution in [3.8, 4) is 11.5 Å². The Hall–Kier alpha value is -2.54. The van der Waals surface area contributed by atoms with E-state index in [1.165, 1.54) is 5.56 Å². The highest BCUT2D eigenvalue weighted by Gasteiger charge is 2.20. The minimum atomic E-state index is 0.323. The number of nitrogens with one attached hydrogen (secondary N) is 1. The summed E-state index contributed by atoms with van der Waals surface area (Å²) in [6, 6.07) is 8.62. The summed E-state index contributed by atoms with van der Waals surface area (Å²) in [5.74, 6) is 4.41. The molecule has 0 radical (unpaired) electrons. The number of anilines is 2. The van der Waals surface area contributed by atoms with Crippen LogP contribution < -0.4 is 19.7 Å². The summed E-state index contributed by atoms with van der Waals surface area (Å²) in [6.45, 7) is 11.4. The van der Waals surface area contributed by atoms with Crippen LogP contribution in [0.1, 0.15) is 25.2 Å². The molecule has 0 aliphatic carbocycles. The highest BCUT2D eigenvalue weighted by Crippen LogP contribution is 2.33. The first kappa shape index (κ1) is 17.9. The lowest BCUT2D eigenvalue weighted by Crippen LogP contribution is -2.46. The van der Waals surface area contributed by atoms with Gasteiger partial charge in [-0.2, -0.15) is 0 Å². The number of aryl methyl sites for hydroxylation is 1. The number of hydrogen-bond acceptors (Lipinski definition) is 7. The molecule has 1 aromatic carbocycles. The Morgan fingerprint density at radius 2 is 1.81 bits per heavy atom. The number of rotatable bonds is 5. The fourth-order valence-electron chi connectivity index (χ4n) is 3.52. The van der Waals surface area contributed by atoms with Gasteiger partial charge in [-0.15, -0.1) is 0 Å². The summed E-state index contributed by atoms with van der Waals surface area (Å²) in [5.41, 5.74) is 1.26. The second-order valence-corrected chi connectivity index (χ2v) is 7.41. The van der Waals surface area contributed by atoms with Crippen molar-refractivity contribution >= 4 is 11.6 Å². The minimum Gasteiger partial charge on any atom is -0.454 e. The van der Waals surface area contributed by atoms with Crippen LogP contribution in [-0.4, -0.2) is 53.9 Å². The van der Waals surface area contributed by atoms with Crippen LogP contribution in [0.3, 0.4) is 0 Å². The molecule has 7 heteroatoms. The molecule has 0 amide bonds. The van der Waals surface area contributed by atoms with Gasteiger partial charge in [-0.1, -0.05) is 6.07 Å². The van der Waals surface area contributed by atoms with Gasteiger partial charge in [-0.05, 0) is 38.5 Å². The largest absolute Gasteiger partial charge is 0.454 e. The average Bonchev–Trinajstić information content (AvgIpc) is 3.09. The molecule has 0 atom stereocenters. The highest BCUT2D eigenvalue weighted by molar-refractivity contribution is 5.50. The smallest absolute Gasteiger partial charge is 0.231 e. The van der Waals surface area contributed by atoms with Gasteiger partial charge in [-0.25, -0.2) is 9.97 Å². The summed E-state index contributed by atoms with van der Waals surface area (Å²) in [7, 11) is 0. The first-order valence-corrected chi connectivity index (χ1v) is 9.55. The Balaban J connectivity index is 1.37. The van der Waals surface area contributed by atoms with E-state index in [0.717, 1.165) is 61.7 Å². The number of hydrogen-bond donors (Lipinski definition) is 1.